The summed E-state index contributed by atoms with van der Waals surface area (Å²) < 4.78 is 34.7. The number of hydrogen-bond donors (Lipinski definition) is 1. The number of hydrogen-bond acceptors (Lipinski definition) is 8. The second-order valence-corrected chi connectivity index (χ2v) is 8.66. The highest BCUT2D eigenvalue weighted by Crippen LogP contribution is 2.35. The number of carbonyl (C=O) groups excluding carboxylic acids is 1. The molecule has 9 nitrogen and oxygen atoms in total. The van der Waals surface area contributed by atoms with E-state index >= 15 is 0 Å². The third kappa shape index (κ3) is 4.06. The molecule has 0 bridgehead atoms. The Morgan fingerprint density at radius 3 is 3.04 bits per heavy atom. The zero-order valence-corrected chi connectivity index (χ0v) is 15.6. The first-order valence-corrected chi connectivity index (χ1v) is 10.4. The van der Waals surface area contributed by atoms with E-state index in [1.807, 2.05) is 0 Å². The van der Waals surface area contributed by atoms with E-state index in [-0.39, 0.29) is 19.6 Å². The normalized spacial score (nSPS) is 21.8. The molecule has 0 aromatic carbocycles. The number of aromatic nitrogens is 2. The van der Waals surface area contributed by atoms with E-state index in [2.05, 4.69) is 11.6 Å². The third-order valence-corrected chi connectivity index (χ3v) is 5.68. The van der Waals surface area contributed by atoms with Crippen LogP contribution in [0.2, 0.25) is 0 Å². The number of amides is 1. The molecule has 1 aliphatic rings. The summed E-state index contributed by atoms with van der Waals surface area (Å²) in [7, 11) is -3.69. The summed E-state index contributed by atoms with van der Waals surface area (Å²) in [5.41, 5.74) is 0. The molecule has 1 aliphatic heterocycles. The zero-order chi connectivity index (χ0) is 18.9. The largest absolute Gasteiger partial charge is 0.445 e. The number of fused-ring (bicyclic) bond motifs is 1. The lowest BCUT2D eigenvalue weighted by Crippen LogP contribution is -2.39. The maximum absolute atomic E-state index is 12.3. The number of imidazole rings is 1. The van der Waals surface area contributed by atoms with Crippen molar-refractivity contribution >= 4 is 32.4 Å². The maximum Gasteiger partial charge on any atom is 0.410 e. The lowest BCUT2D eigenvalue weighted by atomic mass is 10.1. The van der Waals surface area contributed by atoms with Crippen LogP contribution in [-0.2, 0) is 19.0 Å². The van der Waals surface area contributed by atoms with Crippen LogP contribution in [0.3, 0.4) is 0 Å². The zero-order valence-electron chi connectivity index (χ0n) is 14.0. The van der Waals surface area contributed by atoms with Gasteiger partial charge >= 0.3 is 6.09 Å². The van der Waals surface area contributed by atoms with Crippen LogP contribution < -0.4 is 0 Å². The Hall–Kier alpha value is -1.95. The molecule has 11 heteroatoms. The van der Waals surface area contributed by atoms with Gasteiger partial charge in [-0.25, -0.2) is 9.78 Å². The Kier molecular flexibility index (Phi) is 5.32. The van der Waals surface area contributed by atoms with Gasteiger partial charge in [0.25, 0.3) is 10.1 Å². The number of aliphatic hydroxyl groups excluding tert-OH is 1. The monoisotopic (exact) mass is 401 g/mol. The van der Waals surface area contributed by atoms with Crippen molar-refractivity contribution in [2.24, 2.45) is 0 Å². The SMILES string of the molecule is C=CCOC(=O)N1C[C@H](OS(C)(=O)=O)C[C@H]1C(O)c1cn2cncc2s1. The summed E-state index contributed by atoms with van der Waals surface area (Å²) in [6, 6.07) is -0.671. The van der Waals surface area contributed by atoms with Crippen LogP contribution in [0.15, 0.2) is 31.4 Å². The molecule has 0 saturated carbocycles. The Labute approximate surface area is 154 Å². The van der Waals surface area contributed by atoms with Crippen molar-refractivity contribution in [3.63, 3.8) is 0 Å². The van der Waals surface area contributed by atoms with Crippen molar-refractivity contribution in [3.8, 4) is 0 Å². The number of rotatable bonds is 6. The number of thiazole rings is 1. The van der Waals surface area contributed by atoms with Crippen LogP contribution in [0, 0.1) is 0 Å². The number of aliphatic hydroxyl groups is 1. The minimum atomic E-state index is -3.69. The van der Waals surface area contributed by atoms with Crippen LogP contribution in [0.25, 0.3) is 4.83 Å². The lowest BCUT2D eigenvalue weighted by molar-refractivity contribution is 0.0565. The summed E-state index contributed by atoms with van der Waals surface area (Å²) in [6.45, 7) is 3.52. The van der Waals surface area contributed by atoms with E-state index in [1.165, 1.54) is 22.3 Å². The smallest absolute Gasteiger partial charge is 0.410 e. The number of carbonyl (C=O) groups is 1. The van der Waals surface area contributed by atoms with Crippen molar-refractivity contribution in [2.75, 3.05) is 19.4 Å². The third-order valence-electron chi connectivity index (χ3n) is 3.95. The quantitative estimate of drug-likeness (QED) is 0.571. The predicted molar refractivity (Wildman–Crippen MR) is 94.4 cm³/mol. The molecule has 1 unspecified atom stereocenters. The molecule has 2 aromatic rings. The summed E-state index contributed by atoms with van der Waals surface area (Å²) in [5, 5.41) is 10.8. The molecule has 1 N–H and O–H groups in total. The Morgan fingerprint density at radius 2 is 2.38 bits per heavy atom. The van der Waals surface area contributed by atoms with Crippen LogP contribution in [0.1, 0.15) is 17.4 Å². The van der Waals surface area contributed by atoms with Gasteiger partial charge in [0.15, 0.2) is 0 Å². The summed E-state index contributed by atoms with van der Waals surface area (Å²) in [6.07, 6.45) is 5.16. The van der Waals surface area contributed by atoms with E-state index < -0.39 is 34.5 Å². The minimum absolute atomic E-state index is 0.0105. The highest BCUT2D eigenvalue weighted by molar-refractivity contribution is 7.86. The molecule has 1 amide bonds. The van der Waals surface area contributed by atoms with Gasteiger partial charge in [-0.3, -0.25) is 13.5 Å². The van der Waals surface area contributed by atoms with E-state index in [4.69, 9.17) is 8.92 Å². The van der Waals surface area contributed by atoms with E-state index in [1.54, 1.807) is 23.1 Å². The molecular weight excluding hydrogens is 382 g/mol. The molecule has 3 atom stereocenters. The van der Waals surface area contributed by atoms with Crippen LogP contribution in [0.4, 0.5) is 4.79 Å². The number of likely N-dealkylation sites (tertiary alicyclic amines) is 1. The van der Waals surface area contributed by atoms with Crippen LogP contribution in [-0.4, -0.2) is 65.5 Å². The van der Waals surface area contributed by atoms with Crippen LogP contribution >= 0.6 is 11.3 Å². The first-order chi connectivity index (χ1) is 12.3. The van der Waals surface area contributed by atoms with Crippen LogP contribution in [0.5, 0.6) is 0 Å². The summed E-state index contributed by atoms with van der Waals surface area (Å²) >= 11 is 1.34. The second-order valence-electron chi connectivity index (χ2n) is 5.96. The molecule has 1 fully saturated rings. The van der Waals surface area contributed by atoms with Gasteiger partial charge < -0.3 is 9.84 Å². The number of nitrogens with zero attached hydrogens (tertiary/aromatic N) is 3. The van der Waals surface area contributed by atoms with Gasteiger partial charge in [0.05, 0.1) is 42.3 Å². The van der Waals surface area contributed by atoms with Gasteiger partial charge in [-0.05, 0) is 0 Å². The van der Waals surface area contributed by atoms with E-state index in [9.17, 15) is 18.3 Å². The molecule has 3 heterocycles. The van der Waals surface area contributed by atoms with Gasteiger partial charge in [-0.1, -0.05) is 12.7 Å². The molecule has 2 aromatic heterocycles. The van der Waals surface area contributed by atoms with Crippen molar-refractivity contribution in [1.29, 1.82) is 0 Å². The topological polar surface area (TPSA) is 110 Å². The van der Waals surface area contributed by atoms with Gasteiger partial charge in [-0.15, -0.1) is 11.3 Å². The van der Waals surface area contributed by atoms with Crippen molar-refractivity contribution in [1.82, 2.24) is 14.3 Å². The lowest BCUT2D eigenvalue weighted by Gasteiger charge is -2.26. The highest BCUT2D eigenvalue weighted by atomic mass is 32.2. The molecule has 0 radical (unpaired) electrons. The second kappa shape index (κ2) is 7.35. The Bertz CT molecular complexity index is 877. The first kappa shape index (κ1) is 18.8. The van der Waals surface area contributed by atoms with Crippen molar-refractivity contribution in [3.05, 3.63) is 36.3 Å². The predicted octanol–water partition coefficient (Wildman–Crippen LogP) is 1.17. The van der Waals surface area contributed by atoms with Crippen molar-refractivity contribution < 1.29 is 27.2 Å². The molecule has 0 spiro atoms. The molecular formula is C15H19N3O6S2. The fourth-order valence-electron chi connectivity index (χ4n) is 2.94. The van der Waals surface area contributed by atoms with E-state index in [0.717, 1.165) is 11.1 Å². The Balaban J connectivity index is 1.82. The Morgan fingerprint density at radius 1 is 1.62 bits per heavy atom. The van der Waals surface area contributed by atoms with Gasteiger partial charge in [0.1, 0.15) is 17.5 Å². The average molecular weight is 401 g/mol. The van der Waals surface area contributed by atoms with Gasteiger partial charge in [0, 0.05) is 12.6 Å². The highest BCUT2D eigenvalue weighted by Gasteiger charge is 2.43. The fraction of sp³-hybridized carbons (Fsp3) is 0.467. The molecule has 3 rings (SSSR count). The van der Waals surface area contributed by atoms with Gasteiger partial charge in [0.2, 0.25) is 0 Å². The van der Waals surface area contributed by atoms with Crippen molar-refractivity contribution in [2.45, 2.75) is 24.7 Å². The minimum Gasteiger partial charge on any atom is -0.445 e. The summed E-state index contributed by atoms with van der Waals surface area (Å²) in [5.74, 6) is 0. The molecule has 0 aliphatic carbocycles. The molecule has 26 heavy (non-hydrogen) atoms. The number of ether oxygens (including phenoxy) is 1. The van der Waals surface area contributed by atoms with Gasteiger partial charge in [-0.2, -0.15) is 8.42 Å². The fourth-order valence-corrected chi connectivity index (χ4v) is 4.58. The standard InChI is InChI=1S/C15H19N3O6S2/c1-3-4-23-15(20)18-7-10(24-26(2,21)22)5-11(18)14(19)12-8-17-9-16-6-13(17)25-12/h3,6,8-11,14,19H,1,4-5,7H2,2H3/t10-,11+,14?/m1/s1. The maximum atomic E-state index is 12.3. The van der Waals surface area contributed by atoms with E-state index in [0.29, 0.717) is 4.88 Å². The molecule has 1 saturated heterocycles. The summed E-state index contributed by atoms with van der Waals surface area (Å²) in [4.78, 5) is 19.1. The average Bonchev–Trinajstić information content (AvgIpc) is 3.24. The first-order valence-electron chi connectivity index (χ1n) is 7.80. The molecule has 142 valence electrons.